The highest BCUT2D eigenvalue weighted by Crippen LogP contribution is 2.24. The number of pyridine rings is 1. The van der Waals surface area contributed by atoms with Gasteiger partial charge in [0.2, 0.25) is 0 Å². The summed E-state index contributed by atoms with van der Waals surface area (Å²) in [6.07, 6.45) is 2.84. The van der Waals surface area contributed by atoms with E-state index in [0.717, 1.165) is 50.5 Å². The molecule has 1 N–H and O–H groups in total. The van der Waals surface area contributed by atoms with E-state index in [1.165, 1.54) is 10.4 Å². The van der Waals surface area contributed by atoms with Gasteiger partial charge in [-0.05, 0) is 42.1 Å². The maximum Gasteiger partial charge on any atom is 0.317 e. The van der Waals surface area contributed by atoms with Crippen LogP contribution >= 0.6 is 11.3 Å². The molecule has 2 aromatic heterocycles. The van der Waals surface area contributed by atoms with Gasteiger partial charge < -0.3 is 20.0 Å². The Labute approximate surface area is 158 Å². The van der Waals surface area contributed by atoms with E-state index in [-0.39, 0.29) is 6.03 Å². The van der Waals surface area contributed by atoms with Crippen LogP contribution in [-0.2, 0) is 19.5 Å². The molecule has 26 heavy (non-hydrogen) atoms. The number of urea groups is 1. The Morgan fingerprint density at radius 3 is 2.81 bits per heavy atom. The molecule has 2 aliphatic heterocycles. The summed E-state index contributed by atoms with van der Waals surface area (Å²) in [6, 6.07) is 6.25. The molecule has 0 atom stereocenters. The molecule has 6 nitrogen and oxygen atoms in total. The standard InChI is InChI=1S/C19H25N5OS/c1-22-7-9-23(10-8-22)18-3-2-15(12-20-18)13-21-19(25)24-6-4-17-16(14-24)5-11-26-17/h2-3,5,11-12H,4,6-10,13-14H2,1H3,(H,21,25). The number of fused-ring (bicyclic) bond motifs is 1. The highest BCUT2D eigenvalue weighted by Gasteiger charge is 2.21. The number of amides is 2. The molecule has 138 valence electrons. The van der Waals surface area contributed by atoms with Crippen LogP contribution in [0.4, 0.5) is 10.6 Å². The molecule has 1 saturated heterocycles. The normalized spacial score (nSPS) is 17.9. The first kappa shape index (κ1) is 17.3. The van der Waals surface area contributed by atoms with Crippen molar-refractivity contribution in [3.8, 4) is 0 Å². The van der Waals surface area contributed by atoms with Crippen LogP contribution in [0.25, 0.3) is 0 Å². The molecule has 0 saturated carbocycles. The van der Waals surface area contributed by atoms with Gasteiger partial charge in [0.1, 0.15) is 5.82 Å². The van der Waals surface area contributed by atoms with E-state index >= 15 is 0 Å². The molecule has 2 aliphatic rings. The van der Waals surface area contributed by atoms with E-state index < -0.39 is 0 Å². The molecule has 7 heteroatoms. The SMILES string of the molecule is CN1CCN(c2ccc(CNC(=O)N3CCc4sccc4C3)cn2)CC1. The Morgan fingerprint density at radius 2 is 2.04 bits per heavy atom. The van der Waals surface area contributed by atoms with Gasteiger partial charge in [-0.3, -0.25) is 0 Å². The maximum atomic E-state index is 12.4. The number of nitrogens with one attached hydrogen (secondary N) is 1. The Hall–Kier alpha value is -2.12. The molecule has 0 radical (unpaired) electrons. The van der Waals surface area contributed by atoms with E-state index in [1.807, 2.05) is 11.1 Å². The van der Waals surface area contributed by atoms with Crippen LogP contribution in [0.1, 0.15) is 16.0 Å². The maximum absolute atomic E-state index is 12.4. The zero-order valence-electron chi connectivity index (χ0n) is 15.1. The number of rotatable bonds is 3. The molecule has 0 aliphatic carbocycles. The van der Waals surface area contributed by atoms with Gasteiger partial charge in [0.15, 0.2) is 0 Å². The molecule has 0 bridgehead atoms. The lowest BCUT2D eigenvalue weighted by atomic mass is 10.1. The monoisotopic (exact) mass is 371 g/mol. The molecule has 1 fully saturated rings. The average molecular weight is 372 g/mol. The number of hydrogen-bond acceptors (Lipinski definition) is 5. The molecule has 2 aromatic rings. The number of carbonyl (C=O) groups excluding carboxylic acids is 1. The molecule has 4 heterocycles. The summed E-state index contributed by atoms with van der Waals surface area (Å²) >= 11 is 1.79. The Kier molecular flexibility index (Phi) is 5.08. The summed E-state index contributed by atoms with van der Waals surface area (Å²) in [5.74, 6) is 1.02. The van der Waals surface area contributed by atoms with Gasteiger partial charge >= 0.3 is 6.03 Å². The first-order valence-electron chi connectivity index (χ1n) is 9.15. The van der Waals surface area contributed by atoms with Gasteiger partial charge in [-0.25, -0.2) is 9.78 Å². The van der Waals surface area contributed by atoms with Crippen molar-refractivity contribution in [2.24, 2.45) is 0 Å². The number of anilines is 1. The minimum Gasteiger partial charge on any atom is -0.354 e. The van der Waals surface area contributed by atoms with Crippen LogP contribution in [0, 0.1) is 0 Å². The van der Waals surface area contributed by atoms with Gasteiger partial charge in [-0.2, -0.15) is 0 Å². The third-order valence-corrected chi connectivity index (χ3v) is 6.20. The smallest absolute Gasteiger partial charge is 0.317 e. The van der Waals surface area contributed by atoms with E-state index in [2.05, 4.69) is 50.7 Å². The minimum absolute atomic E-state index is 0.00462. The van der Waals surface area contributed by atoms with Gasteiger partial charge in [0.25, 0.3) is 0 Å². The van der Waals surface area contributed by atoms with Crippen LogP contribution in [0.15, 0.2) is 29.8 Å². The van der Waals surface area contributed by atoms with Gasteiger partial charge in [0, 0.05) is 56.9 Å². The molecule has 0 unspecified atom stereocenters. The number of carbonyl (C=O) groups is 1. The van der Waals surface area contributed by atoms with Crippen molar-refractivity contribution in [1.82, 2.24) is 20.1 Å². The number of thiophene rings is 1. The number of likely N-dealkylation sites (N-methyl/N-ethyl adjacent to an activating group) is 1. The molecule has 4 rings (SSSR count). The lowest BCUT2D eigenvalue weighted by molar-refractivity contribution is 0.192. The topological polar surface area (TPSA) is 51.7 Å². The zero-order chi connectivity index (χ0) is 17.9. The van der Waals surface area contributed by atoms with Crippen LogP contribution < -0.4 is 10.2 Å². The van der Waals surface area contributed by atoms with E-state index in [1.54, 1.807) is 11.3 Å². The van der Waals surface area contributed by atoms with E-state index in [4.69, 9.17) is 0 Å². The highest BCUT2D eigenvalue weighted by atomic mass is 32.1. The van der Waals surface area contributed by atoms with Gasteiger partial charge in [-0.1, -0.05) is 6.07 Å². The predicted molar refractivity (Wildman–Crippen MR) is 105 cm³/mol. The second kappa shape index (κ2) is 7.63. The lowest BCUT2D eigenvalue weighted by Gasteiger charge is -2.33. The van der Waals surface area contributed by atoms with Crippen LogP contribution in [0.3, 0.4) is 0 Å². The largest absolute Gasteiger partial charge is 0.354 e. The van der Waals surface area contributed by atoms with Crippen LogP contribution in [0.5, 0.6) is 0 Å². The molecule has 0 spiro atoms. The van der Waals surface area contributed by atoms with Crippen molar-refractivity contribution in [3.05, 3.63) is 45.8 Å². The fraction of sp³-hybridized carbons (Fsp3) is 0.474. The Bertz CT molecular complexity index is 752. The summed E-state index contributed by atoms with van der Waals surface area (Å²) in [5, 5.41) is 5.14. The van der Waals surface area contributed by atoms with Gasteiger partial charge in [0.05, 0.1) is 0 Å². The van der Waals surface area contributed by atoms with Crippen molar-refractivity contribution < 1.29 is 4.79 Å². The number of piperazine rings is 1. The second-order valence-electron chi connectivity index (χ2n) is 7.01. The molecular weight excluding hydrogens is 346 g/mol. The third-order valence-electron chi connectivity index (χ3n) is 5.18. The summed E-state index contributed by atoms with van der Waals surface area (Å²) in [7, 11) is 2.15. The van der Waals surface area contributed by atoms with Crippen LogP contribution in [0.2, 0.25) is 0 Å². The lowest BCUT2D eigenvalue weighted by Crippen LogP contribution is -2.44. The third kappa shape index (κ3) is 3.83. The predicted octanol–water partition coefficient (Wildman–Crippen LogP) is 2.16. The molecular formula is C19H25N5OS. The fourth-order valence-electron chi connectivity index (χ4n) is 3.46. The fourth-order valence-corrected chi connectivity index (χ4v) is 4.34. The second-order valence-corrected chi connectivity index (χ2v) is 8.01. The Morgan fingerprint density at radius 1 is 1.19 bits per heavy atom. The van der Waals surface area contributed by atoms with Crippen molar-refractivity contribution in [3.63, 3.8) is 0 Å². The number of hydrogen-bond donors (Lipinski definition) is 1. The summed E-state index contributed by atoms with van der Waals surface area (Å²) in [6.45, 7) is 6.19. The van der Waals surface area contributed by atoms with Crippen molar-refractivity contribution >= 4 is 23.2 Å². The summed E-state index contributed by atoms with van der Waals surface area (Å²) in [5.41, 5.74) is 2.32. The van der Waals surface area contributed by atoms with Crippen LogP contribution in [-0.4, -0.2) is 60.6 Å². The van der Waals surface area contributed by atoms with Crippen molar-refractivity contribution in [2.75, 3.05) is 44.7 Å². The minimum atomic E-state index is 0.00462. The van der Waals surface area contributed by atoms with E-state index in [9.17, 15) is 4.79 Å². The Balaban J connectivity index is 1.29. The number of aromatic nitrogens is 1. The van der Waals surface area contributed by atoms with Crippen molar-refractivity contribution in [1.29, 1.82) is 0 Å². The first-order chi connectivity index (χ1) is 12.7. The average Bonchev–Trinajstić information content (AvgIpc) is 3.15. The molecule has 2 amide bonds. The first-order valence-corrected chi connectivity index (χ1v) is 10.0. The number of nitrogens with zero attached hydrogens (tertiary/aromatic N) is 4. The zero-order valence-corrected chi connectivity index (χ0v) is 16.0. The van der Waals surface area contributed by atoms with Gasteiger partial charge in [-0.15, -0.1) is 11.3 Å². The quantitative estimate of drug-likeness (QED) is 0.898. The van der Waals surface area contributed by atoms with Crippen molar-refractivity contribution in [2.45, 2.75) is 19.5 Å². The summed E-state index contributed by atoms with van der Waals surface area (Å²) < 4.78 is 0. The highest BCUT2D eigenvalue weighted by molar-refractivity contribution is 7.10. The summed E-state index contributed by atoms with van der Waals surface area (Å²) in [4.78, 5) is 25.0. The van der Waals surface area contributed by atoms with E-state index in [0.29, 0.717) is 13.1 Å². The molecule has 0 aromatic carbocycles.